The van der Waals surface area contributed by atoms with Gasteiger partial charge in [0.15, 0.2) is 5.82 Å². The van der Waals surface area contributed by atoms with Gasteiger partial charge in [0, 0.05) is 30.6 Å². The number of nitro groups is 1. The first-order valence-corrected chi connectivity index (χ1v) is 10.6. The lowest BCUT2D eigenvalue weighted by molar-refractivity contribution is -0.384. The Balaban J connectivity index is 1.39. The molecule has 1 aliphatic heterocycles. The van der Waals surface area contributed by atoms with Gasteiger partial charge in [-0.2, -0.15) is 0 Å². The van der Waals surface area contributed by atoms with Crippen LogP contribution < -0.4 is 10.2 Å². The number of piperidine rings is 1. The molecule has 1 aliphatic rings. The molecule has 164 valence electrons. The van der Waals surface area contributed by atoms with Crippen molar-refractivity contribution in [1.29, 1.82) is 0 Å². The minimum absolute atomic E-state index is 0.0835. The highest BCUT2D eigenvalue weighted by Crippen LogP contribution is 2.30. The molecule has 4 rings (SSSR count). The molecule has 0 aliphatic carbocycles. The minimum Gasteiger partial charge on any atom is -0.355 e. The number of anilines is 2. The van der Waals surface area contributed by atoms with Crippen LogP contribution in [0.1, 0.15) is 24.0 Å². The second-order valence-electron chi connectivity index (χ2n) is 8.07. The summed E-state index contributed by atoms with van der Waals surface area (Å²) in [6, 6.07) is 16.8. The first kappa shape index (κ1) is 21.4. The third-order valence-electron chi connectivity index (χ3n) is 5.96. The second kappa shape index (κ2) is 9.13. The summed E-state index contributed by atoms with van der Waals surface area (Å²) in [6.07, 6.45) is 1.29. The van der Waals surface area contributed by atoms with Crippen molar-refractivity contribution in [2.75, 3.05) is 23.3 Å². The van der Waals surface area contributed by atoms with Crippen LogP contribution in [0.4, 0.5) is 17.2 Å². The molecule has 3 aromatic rings. The number of nitrogens with one attached hydrogen (secondary N) is 1. The Morgan fingerprint density at radius 3 is 2.38 bits per heavy atom. The van der Waals surface area contributed by atoms with E-state index >= 15 is 0 Å². The number of carbonyl (C=O) groups is 1. The van der Waals surface area contributed by atoms with Crippen LogP contribution in [0.2, 0.25) is 0 Å². The SMILES string of the molecule is Cc1ccccc1-c1ccc(N2CCC(C(=O)Nc3c(C)cccc3[N+](=O)[O-])CC2)nn1. The van der Waals surface area contributed by atoms with Crippen LogP contribution in [0.3, 0.4) is 0 Å². The lowest BCUT2D eigenvalue weighted by Gasteiger charge is -2.31. The number of aromatic nitrogens is 2. The van der Waals surface area contributed by atoms with E-state index in [-0.39, 0.29) is 23.2 Å². The van der Waals surface area contributed by atoms with Gasteiger partial charge in [0.2, 0.25) is 5.91 Å². The van der Waals surface area contributed by atoms with E-state index < -0.39 is 4.92 Å². The summed E-state index contributed by atoms with van der Waals surface area (Å²) in [7, 11) is 0. The van der Waals surface area contributed by atoms with Gasteiger partial charge in [0.25, 0.3) is 5.69 Å². The first-order valence-electron chi connectivity index (χ1n) is 10.6. The number of nitrogens with zero attached hydrogens (tertiary/aromatic N) is 4. The zero-order valence-corrected chi connectivity index (χ0v) is 18.1. The number of amides is 1. The molecule has 32 heavy (non-hydrogen) atoms. The Kier molecular flexibility index (Phi) is 6.11. The van der Waals surface area contributed by atoms with Crippen molar-refractivity contribution >= 4 is 23.1 Å². The van der Waals surface area contributed by atoms with Crippen LogP contribution >= 0.6 is 0 Å². The van der Waals surface area contributed by atoms with Gasteiger partial charge >= 0.3 is 0 Å². The van der Waals surface area contributed by atoms with Crippen LogP contribution in [-0.2, 0) is 4.79 Å². The third kappa shape index (κ3) is 4.44. The van der Waals surface area contributed by atoms with Gasteiger partial charge in [-0.25, -0.2) is 0 Å². The lowest BCUT2D eigenvalue weighted by atomic mass is 9.95. The zero-order valence-electron chi connectivity index (χ0n) is 18.1. The Morgan fingerprint density at radius 2 is 1.72 bits per heavy atom. The Hall–Kier alpha value is -3.81. The molecule has 0 unspecified atom stereocenters. The molecule has 0 bridgehead atoms. The third-order valence-corrected chi connectivity index (χ3v) is 5.96. The summed E-state index contributed by atoms with van der Waals surface area (Å²) in [6.45, 7) is 5.15. The van der Waals surface area contributed by atoms with Crippen molar-refractivity contribution in [3.05, 3.63) is 75.8 Å². The standard InChI is InChI=1S/C24H25N5O3/c1-16-6-3-4-8-19(16)20-10-11-22(27-26-20)28-14-12-18(13-15-28)24(30)25-23-17(2)7-5-9-21(23)29(31)32/h3-11,18H,12-15H2,1-2H3,(H,25,30). The van der Waals surface area contributed by atoms with E-state index in [9.17, 15) is 14.9 Å². The van der Waals surface area contributed by atoms with Crippen molar-refractivity contribution in [1.82, 2.24) is 10.2 Å². The maximum atomic E-state index is 12.8. The van der Waals surface area contributed by atoms with E-state index in [1.165, 1.54) is 6.07 Å². The van der Waals surface area contributed by atoms with E-state index in [0.717, 1.165) is 22.6 Å². The number of rotatable bonds is 5. The normalized spacial score (nSPS) is 14.2. The summed E-state index contributed by atoms with van der Waals surface area (Å²) in [5.74, 6) is 0.406. The van der Waals surface area contributed by atoms with E-state index in [1.54, 1.807) is 19.1 Å². The molecule has 1 aromatic heterocycles. The van der Waals surface area contributed by atoms with Gasteiger partial charge in [-0.05, 0) is 49.9 Å². The van der Waals surface area contributed by atoms with Gasteiger partial charge in [0.1, 0.15) is 5.69 Å². The molecule has 8 heteroatoms. The maximum Gasteiger partial charge on any atom is 0.293 e. The fraction of sp³-hybridized carbons (Fsp3) is 0.292. The van der Waals surface area contributed by atoms with Crippen LogP contribution in [0, 0.1) is 29.9 Å². The number of hydrogen-bond acceptors (Lipinski definition) is 6. The fourth-order valence-corrected chi connectivity index (χ4v) is 4.06. The number of hydrogen-bond donors (Lipinski definition) is 1. The average Bonchev–Trinajstić information content (AvgIpc) is 2.81. The predicted octanol–water partition coefficient (Wildman–Crippen LogP) is 4.52. The number of carbonyl (C=O) groups excluding carboxylic acids is 1. The summed E-state index contributed by atoms with van der Waals surface area (Å²) in [4.78, 5) is 25.7. The van der Waals surface area contributed by atoms with E-state index in [4.69, 9.17) is 0 Å². The van der Waals surface area contributed by atoms with E-state index in [0.29, 0.717) is 31.5 Å². The summed E-state index contributed by atoms with van der Waals surface area (Å²) < 4.78 is 0. The van der Waals surface area contributed by atoms with Gasteiger partial charge in [0.05, 0.1) is 10.6 Å². The molecule has 1 N–H and O–H groups in total. The number of aryl methyl sites for hydroxylation is 2. The van der Waals surface area contributed by atoms with Crippen LogP contribution in [0.5, 0.6) is 0 Å². The highest BCUT2D eigenvalue weighted by atomic mass is 16.6. The molecule has 0 radical (unpaired) electrons. The highest BCUT2D eigenvalue weighted by Gasteiger charge is 2.28. The van der Waals surface area contributed by atoms with Gasteiger partial charge in [-0.15, -0.1) is 10.2 Å². The molecule has 1 fully saturated rings. The van der Waals surface area contributed by atoms with E-state index in [1.807, 2.05) is 43.3 Å². The van der Waals surface area contributed by atoms with Crippen molar-refractivity contribution in [3.8, 4) is 11.3 Å². The molecule has 1 amide bonds. The monoisotopic (exact) mass is 431 g/mol. The number of para-hydroxylation sites is 1. The second-order valence-corrected chi connectivity index (χ2v) is 8.07. The van der Waals surface area contributed by atoms with Gasteiger partial charge < -0.3 is 10.2 Å². The molecule has 2 heterocycles. The Morgan fingerprint density at radius 1 is 1.00 bits per heavy atom. The molecule has 0 spiro atoms. The van der Waals surface area contributed by atoms with Crippen LogP contribution in [0.25, 0.3) is 11.3 Å². The van der Waals surface area contributed by atoms with Crippen molar-refractivity contribution in [3.63, 3.8) is 0 Å². The molecule has 8 nitrogen and oxygen atoms in total. The Labute approximate surface area is 186 Å². The number of nitro benzene ring substituents is 1. The average molecular weight is 431 g/mol. The largest absolute Gasteiger partial charge is 0.355 e. The predicted molar refractivity (Wildman–Crippen MR) is 124 cm³/mol. The molecular formula is C24H25N5O3. The van der Waals surface area contributed by atoms with Crippen molar-refractivity contribution < 1.29 is 9.72 Å². The Bertz CT molecular complexity index is 1140. The quantitative estimate of drug-likeness (QED) is 0.471. The molecule has 0 saturated carbocycles. The summed E-state index contributed by atoms with van der Waals surface area (Å²) in [5.41, 5.74) is 3.92. The van der Waals surface area contributed by atoms with E-state index in [2.05, 4.69) is 20.4 Å². The zero-order chi connectivity index (χ0) is 22.7. The van der Waals surface area contributed by atoms with Crippen LogP contribution in [-0.4, -0.2) is 34.1 Å². The summed E-state index contributed by atoms with van der Waals surface area (Å²) in [5, 5.41) is 22.9. The molecule has 1 saturated heterocycles. The van der Waals surface area contributed by atoms with Gasteiger partial charge in [-0.3, -0.25) is 14.9 Å². The molecular weight excluding hydrogens is 406 g/mol. The van der Waals surface area contributed by atoms with Crippen molar-refractivity contribution in [2.24, 2.45) is 5.92 Å². The highest BCUT2D eigenvalue weighted by molar-refractivity contribution is 5.95. The minimum atomic E-state index is -0.468. The molecule has 2 aromatic carbocycles. The van der Waals surface area contributed by atoms with Crippen LogP contribution in [0.15, 0.2) is 54.6 Å². The van der Waals surface area contributed by atoms with Crippen molar-refractivity contribution in [2.45, 2.75) is 26.7 Å². The fourth-order valence-electron chi connectivity index (χ4n) is 4.06. The summed E-state index contributed by atoms with van der Waals surface area (Å²) >= 11 is 0. The first-order chi connectivity index (χ1) is 15.4. The lowest BCUT2D eigenvalue weighted by Crippen LogP contribution is -2.38. The van der Waals surface area contributed by atoms with Gasteiger partial charge in [-0.1, -0.05) is 36.4 Å². The number of benzene rings is 2. The molecule has 0 atom stereocenters. The smallest absolute Gasteiger partial charge is 0.293 e. The topological polar surface area (TPSA) is 101 Å². The maximum absolute atomic E-state index is 12.8.